The molecule has 1 aliphatic rings. The molecule has 0 unspecified atom stereocenters. The van der Waals surface area contributed by atoms with Crippen LogP contribution in [0.2, 0.25) is 0 Å². The molecule has 0 aromatic heterocycles. The van der Waals surface area contributed by atoms with Gasteiger partial charge in [0.2, 0.25) is 5.91 Å². The fourth-order valence-corrected chi connectivity index (χ4v) is 2.39. The van der Waals surface area contributed by atoms with Gasteiger partial charge in [0.1, 0.15) is 11.6 Å². The summed E-state index contributed by atoms with van der Waals surface area (Å²) in [6.45, 7) is 4.37. The van der Waals surface area contributed by atoms with Crippen LogP contribution < -0.4 is 10.6 Å². The van der Waals surface area contributed by atoms with Crippen LogP contribution in [0.4, 0.5) is 13.6 Å². The fraction of sp³-hybridized carbons (Fsp3) is 0.467. The topological polar surface area (TPSA) is 61.4 Å². The quantitative estimate of drug-likeness (QED) is 0.887. The fourth-order valence-electron chi connectivity index (χ4n) is 2.39. The highest BCUT2D eigenvalue weighted by Crippen LogP contribution is 2.19. The van der Waals surface area contributed by atoms with Crippen molar-refractivity contribution in [3.63, 3.8) is 0 Å². The molecule has 1 aromatic rings. The van der Waals surface area contributed by atoms with Crippen molar-refractivity contribution in [1.82, 2.24) is 15.5 Å². The van der Waals surface area contributed by atoms with Crippen LogP contribution in [0.3, 0.4) is 0 Å². The summed E-state index contributed by atoms with van der Waals surface area (Å²) < 4.78 is 26.5. The summed E-state index contributed by atoms with van der Waals surface area (Å²) in [4.78, 5) is 24.3. The van der Waals surface area contributed by atoms with Crippen LogP contribution in [0.5, 0.6) is 0 Å². The van der Waals surface area contributed by atoms with Gasteiger partial charge in [0.15, 0.2) is 0 Å². The van der Waals surface area contributed by atoms with Crippen molar-refractivity contribution in [1.29, 1.82) is 0 Å². The zero-order chi connectivity index (χ0) is 16.3. The lowest BCUT2D eigenvalue weighted by atomic mass is 10.0. The third kappa shape index (κ3) is 3.93. The third-order valence-electron chi connectivity index (χ3n) is 3.63. The maximum Gasteiger partial charge on any atom is 0.317 e. The predicted molar refractivity (Wildman–Crippen MR) is 77.3 cm³/mol. The molecule has 1 aromatic carbocycles. The number of carbonyl (C=O) groups excluding carboxylic acids is 2. The molecule has 1 saturated heterocycles. The average Bonchev–Trinajstić information content (AvgIpc) is 2.39. The highest BCUT2D eigenvalue weighted by Gasteiger charge is 2.31. The summed E-state index contributed by atoms with van der Waals surface area (Å²) in [6, 6.07) is 3.16. The van der Waals surface area contributed by atoms with Gasteiger partial charge in [-0.15, -0.1) is 0 Å². The van der Waals surface area contributed by atoms with E-state index in [4.69, 9.17) is 0 Å². The van der Waals surface area contributed by atoms with E-state index in [1.807, 2.05) is 0 Å². The average molecular weight is 311 g/mol. The minimum absolute atomic E-state index is 0.00443. The summed E-state index contributed by atoms with van der Waals surface area (Å²) in [5.41, 5.74) is 0.362. The molecule has 2 rings (SSSR count). The molecule has 1 aliphatic heterocycles. The number of urea groups is 1. The standard InChI is InChI=1S/C15H19F2N3O2/c1-9(13-4-3-11(16)5-14(13)17)6-18-15(22)20-7-12(8-20)19-10(2)21/h3-5,9,12H,6-8H2,1-2H3,(H,18,22)(H,19,21)/t9-/m0/s1. The molecule has 0 saturated carbocycles. The summed E-state index contributed by atoms with van der Waals surface area (Å²) in [6.07, 6.45) is 0. The van der Waals surface area contributed by atoms with Gasteiger partial charge < -0.3 is 15.5 Å². The smallest absolute Gasteiger partial charge is 0.317 e. The first-order chi connectivity index (χ1) is 10.4. The SMILES string of the molecule is CC(=O)NC1CN(C(=O)NC[C@H](C)c2ccc(F)cc2F)C1. The first kappa shape index (κ1) is 16.2. The number of amides is 3. The van der Waals surface area contributed by atoms with E-state index in [9.17, 15) is 18.4 Å². The van der Waals surface area contributed by atoms with E-state index in [2.05, 4.69) is 10.6 Å². The number of nitrogens with one attached hydrogen (secondary N) is 2. The molecule has 0 aliphatic carbocycles. The Labute approximate surface area is 127 Å². The number of nitrogens with zero attached hydrogens (tertiary/aromatic N) is 1. The Morgan fingerprint density at radius 1 is 1.36 bits per heavy atom. The van der Waals surface area contributed by atoms with Gasteiger partial charge in [-0.05, 0) is 11.6 Å². The highest BCUT2D eigenvalue weighted by molar-refractivity contribution is 5.77. The van der Waals surface area contributed by atoms with E-state index >= 15 is 0 Å². The van der Waals surface area contributed by atoms with Crippen molar-refractivity contribution in [2.75, 3.05) is 19.6 Å². The van der Waals surface area contributed by atoms with Crippen LogP contribution in [0.1, 0.15) is 25.3 Å². The lowest BCUT2D eigenvalue weighted by Crippen LogP contribution is -2.62. The Hall–Kier alpha value is -2.18. The monoisotopic (exact) mass is 311 g/mol. The summed E-state index contributed by atoms with van der Waals surface area (Å²) in [5, 5.41) is 5.43. The summed E-state index contributed by atoms with van der Waals surface area (Å²) in [7, 11) is 0. The van der Waals surface area contributed by atoms with Crippen LogP contribution in [-0.4, -0.2) is 42.5 Å². The summed E-state index contributed by atoms with van der Waals surface area (Å²) in [5.74, 6) is -1.62. The molecule has 5 nitrogen and oxygen atoms in total. The second-order valence-electron chi connectivity index (χ2n) is 5.56. The highest BCUT2D eigenvalue weighted by atomic mass is 19.1. The Morgan fingerprint density at radius 2 is 2.05 bits per heavy atom. The minimum atomic E-state index is -0.623. The van der Waals surface area contributed by atoms with Crippen molar-refractivity contribution in [3.8, 4) is 0 Å². The molecule has 1 heterocycles. The first-order valence-corrected chi connectivity index (χ1v) is 7.11. The number of benzene rings is 1. The van der Waals surface area contributed by atoms with E-state index in [1.54, 1.807) is 11.8 Å². The molecule has 0 spiro atoms. The van der Waals surface area contributed by atoms with Crippen molar-refractivity contribution in [3.05, 3.63) is 35.4 Å². The Kier molecular flexibility index (Phi) is 4.95. The maximum atomic E-state index is 13.6. The second kappa shape index (κ2) is 6.72. The number of hydrogen-bond donors (Lipinski definition) is 2. The van der Waals surface area contributed by atoms with E-state index in [-0.39, 0.29) is 30.4 Å². The largest absolute Gasteiger partial charge is 0.350 e. The lowest BCUT2D eigenvalue weighted by molar-refractivity contribution is -0.120. The minimum Gasteiger partial charge on any atom is -0.350 e. The lowest BCUT2D eigenvalue weighted by Gasteiger charge is -2.39. The van der Waals surface area contributed by atoms with Crippen LogP contribution in [-0.2, 0) is 4.79 Å². The molecular weight excluding hydrogens is 292 g/mol. The van der Waals surface area contributed by atoms with Gasteiger partial charge in [0.05, 0.1) is 6.04 Å². The third-order valence-corrected chi connectivity index (χ3v) is 3.63. The van der Waals surface area contributed by atoms with Gasteiger partial charge in [-0.2, -0.15) is 0 Å². The van der Waals surface area contributed by atoms with Gasteiger partial charge >= 0.3 is 6.03 Å². The van der Waals surface area contributed by atoms with Gasteiger partial charge in [-0.1, -0.05) is 13.0 Å². The molecule has 2 N–H and O–H groups in total. The second-order valence-corrected chi connectivity index (χ2v) is 5.56. The molecule has 0 bridgehead atoms. The van der Waals surface area contributed by atoms with Crippen LogP contribution in [0.25, 0.3) is 0 Å². The van der Waals surface area contributed by atoms with Crippen LogP contribution >= 0.6 is 0 Å². The van der Waals surface area contributed by atoms with Gasteiger partial charge in [0.25, 0.3) is 0 Å². The van der Waals surface area contributed by atoms with Gasteiger partial charge in [0, 0.05) is 38.5 Å². The van der Waals surface area contributed by atoms with Crippen LogP contribution in [0, 0.1) is 11.6 Å². The molecule has 3 amide bonds. The number of carbonyl (C=O) groups is 2. The number of halogens is 2. The maximum absolute atomic E-state index is 13.6. The molecule has 0 radical (unpaired) electrons. The van der Waals surface area contributed by atoms with Crippen molar-refractivity contribution in [2.45, 2.75) is 25.8 Å². The van der Waals surface area contributed by atoms with Gasteiger partial charge in [-0.25, -0.2) is 13.6 Å². The van der Waals surface area contributed by atoms with Crippen molar-refractivity contribution in [2.24, 2.45) is 0 Å². The Morgan fingerprint density at radius 3 is 2.64 bits per heavy atom. The van der Waals surface area contributed by atoms with Crippen molar-refractivity contribution >= 4 is 11.9 Å². The molecular formula is C15H19F2N3O2. The Bertz CT molecular complexity index is 574. The molecule has 22 heavy (non-hydrogen) atoms. The normalized spacial score (nSPS) is 15.9. The molecule has 120 valence electrons. The van der Waals surface area contributed by atoms with E-state index < -0.39 is 11.6 Å². The van der Waals surface area contributed by atoms with Crippen LogP contribution in [0.15, 0.2) is 18.2 Å². The van der Waals surface area contributed by atoms with E-state index in [0.717, 1.165) is 6.07 Å². The molecule has 7 heteroatoms. The summed E-state index contributed by atoms with van der Waals surface area (Å²) >= 11 is 0. The number of likely N-dealkylation sites (tertiary alicyclic amines) is 1. The Balaban J connectivity index is 1.78. The van der Waals surface area contributed by atoms with Crippen molar-refractivity contribution < 1.29 is 18.4 Å². The number of hydrogen-bond acceptors (Lipinski definition) is 2. The number of rotatable bonds is 4. The first-order valence-electron chi connectivity index (χ1n) is 7.11. The van der Waals surface area contributed by atoms with E-state index in [0.29, 0.717) is 18.7 Å². The van der Waals surface area contributed by atoms with E-state index in [1.165, 1.54) is 19.1 Å². The zero-order valence-corrected chi connectivity index (χ0v) is 12.5. The van der Waals surface area contributed by atoms with Gasteiger partial charge in [-0.3, -0.25) is 4.79 Å². The molecule has 1 atom stereocenters. The molecule has 1 fully saturated rings. The predicted octanol–water partition coefficient (Wildman–Crippen LogP) is 1.60. The zero-order valence-electron chi connectivity index (χ0n) is 12.5.